The lowest BCUT2D eigenvalue weighted by atomic mass is 9.98. The van der Waals surface area contributed by atoms with Crippen LogP contribution in [0.1, 0.15) is 80.0 Å². The topological polar surface area (TPSA) is 162 Å². The average Bonchev–Trinajstić information content (AvgIpc) is 3.47. The predicted molar refractivity (Wildman–Crippen MR) is 144 cm³/mol. The molecule has 0 spiro atoms. The smallest absolute Gasteiger partial charge is 0.452 e. The van der Waals surface area contributed by atoms with E-state index in [0.717, 1.165) is 0 Å². The van der Waals surface area contributed by atoms with Gasteiger partial charge in [-0.3, -0.25) is 33.7 Å². The van der Waals surface area contributed by atoms with Crippen LogP contribution in [0.5, 0.6) is 0 Å². The Morgan fingerprint density at radius 3 is 2.10 bits per heavy atom. The fraction of sp³-hybridized carbons (Fsp3) is 0.571. The number of carbonyl (C=O) groups is 6. The summed E-state index contributed by atoms with van der Waals surface area (Å²) in [6, 6.07) is 0.908. The molecule has 0 aromatic heterocycles. The number of alkyl halides is 3. The number of halogens is 3. The molecule has 1 aromatic carbocycles. The zero-order chi connectivity index (χ0) is 31.6. The van der Waals surface area contributed by atoms with Gasteiger partial charge >= 0.3 is 12.1 Å². The van der Waals surface area contributed by atoms with Crippen LogP contribution in [0, 0.1) is 5.92 Å². The maximum Gasteiger partial charge on any atom is 0.452 e. The van der Waals surface area contributed by atoms with E-state index < -0.39 is 72.0 Å². The van der Waals surface area contributed by atoms with Crippen LogP contribution in [-0.2, 0) is 19.2 Å². The lowest BCUT2D eigenvalue weighted by Crippen LogP contribution is -2.61. The molecule has 0 radical (unpaired) electrons. The quantitative estimate of drug-likeness (QED) is 0.238. The minimum absolute atomic E-state index is 0.0132. The van der Waals surface area contributed by atoms with E-state index in [9.17, 15) is 41.9 Å². The Balaban J connectivity index is 2.21. The molecule has 42 heavy (non-hydrogen) atoms. The lowest BCUT2D eigenvalue weighted by Gasteiger charge is -2.34. The molecule has 1 heterocycles. The molecule has 1 saturated heterocycles. The first-order chi connectivity index (χ1) is 19.7. The van der Waals surface area contributed by atoms with Gasteiger partial charge in [0.05, 0.1) is 6.04 Å². The van der Waals surface area contributed by atoms with Gasteiger partial charge < -0.3 is 21.1 Å². The highest BCUT2D eigenvalue weighted by atomic mass is 19.4. The van der Waals surface area contributed by atoms with E-state index in [-0.39, 0.29) is 30.5 Å². The van der Waals surface area contributed by atoms with Crippen molar-refractivity contribution in [2.24, 2.45) is 5.92 Å². The summed E-state index contributed by atoms with van der Waals surface area (Å²) < 4.78 is 40.3. The fourth-order valence-corrected chi connectivity index (χ4v) is 4.52. The number of hydrogen-bond acceptors (Lipinski definition) is 7. The summed E-state index contributed by atoms with van der Waals surface area (Å²) >= 11 is 0. The second-order valence-corrected chi connectivity index (χ2v) is 10.4. The predicted octanol–water partition coefficient (Wildman–Crippen LogP) is 2.44. The molecule has 3 atom stereocenters. The van der Waals surface area contributed by atoms with Crippen molar-refractivity contribution in [3.8, 4) is 0 Å². The van der Waals surface area contributed by atoms with Crippen LogP contribution in [0.3, 0.4) is 0 Å². The second-order valence-electron chi connectivity index (χ2n) is 10.4. The number of amides is 4. The molecule has 1 aromatic rings. The average molecular weight is 599 g/mol. The third-order valence-electron chi connectivity index (χ3n) is 6.85. The molecule has 4 N–H and O–H groups in total. The number of ketones is 1. The van der Waals surface area contributed by atoms with E-state index in [0.29, 0.717) is 30.7 Å². The Hall–Kier alpha value is -3.81. The van der Waals surface area contributed by atoms with Crippen molar-refractivity contribution in [1.29, 1.82) is 0 Å². The van der Waals surface area contributed by atoms with Gasteiger partial charge in [0.2, 0.25) is 5.91 Å². The van der Waals surface area contributed by atoms with Gasteiger partial charge in [-0.1, -0.05) is 20.8 Å². The van der Waals surface area contributed by atoms with Crippen molar-refractivity contribution in [2.75, 3.05) is 13.1 Å². The number of rotatable bonds is 14. The number of imide groups is 1. The number of benzene rings is 1. The molecule has 1 unspecified atom stereocenters. The molecule has 14 heteroatoms. The molecule has 0 bridgehead atoms. The molecule has 0 aliphatic carbocycles. The molecule has 1 aliphatic rings. The third kappa shape index (κ3) is 9.36. The van der Waals surface area contributed by atoms with Crippen molar-refractivity contribution in [2.45, 2.75) is 83.6 Å². The zero-order valence-corrected chi connectivity index (χ0v) is 23.8. The Morgan fingerprint density at radius 2 is 1.62 bits per heavy atom. The summed E-state index contributed by atoms with van der Waals surface area (Å²) in [4.78, 5) is 75.5. The van der Waals surface area contributed by atoms with Gasteiger partial charge in [0.1, 0.15) is 12.1 Å². The van der Waals surface area contributed by atoms with Crippen molar-refractivity contribution in [3.63, 3.8) is 0 Å². The number of nitrogens with zero attached hydrogens (tertiary/aromatic N) is 1. The van der Waals surface area contributed by atoms with E-state index in [1.165, 1.54) is 45.0 Å². The van der Waals surface area contributed by atoms with E-state index in [1.54, 1.807) is 0 Å². The maximum absolute atomic E-state index is 13.7. The number of hydrogen-bond donors (Lipinski definition) is 4. The summed E-state index contributed by atoms with van der Waals surface area (Å²) in [5.41, 5.74) is 0.263. The normalized spacial score (nSPS) is 16.4. The molecular formula is C28H37F3N4O7. The van der Waals surface area contributed by atoms with Gasteiger partial charge in [-0.25, -0.2) is 0 Å². The van der Waals surface area contributed by atoms with Crippen LogP contribution in [0.4, 0.5) is 13.2 Å². The maximum atomic E-state index is 13.7. The summed E-state index contributed by atoms with van der Waals surface area (Å²) in [6.07, 6.45) is -4.07. The van der Waals surface area contributed by atoms with Crippen molar-refractivity contribution in [1.82, 2.24) is 20.9 Å². The van der Waals surface area contributed by atoms with Crippen molar-refractivity contribution < 1.29 is 47.0 Å². The van der Waals surface area contributed by atoms with Gasteiger partial charge in [0.15, 0.2) is 0 Å². The first-order valence-corrected chi connectivity index (χ1v) is 13.8. The largest absolute Gasteiger partial charge is 0.481 e. The van der Waals surface area contributed by atoms with Gasteiger partial charge in [0, 0.05) is 24.1 Å². The first kappa shape index (κ1) is 34.4. The standard InChI is InChI=1S/C28H37F3N4O7/c1-4-20(23(38)28(29,30)31)35(26(41)19-8-7-15-32-19)27(42)22(16(2)3)34-25(40)18-12-10-17(11-13-18)24(39)33-14-6-5-9-21(36)37/h10-13,16,19-20,22,32H,4-9,14-15H2,1-3H3,(H,33,39)(H,34,40)(H,36,37)/t19-,20?,22-/m0/s1. The molecule has 1 fully saturated rings. The molecule has 2 rings (SSSR count). The minimum Gasteiger partial charge on any atom is -0.481 e. The van der Waals surface area contributed by atoms with Gasteiger partial charge in [-0.15, -0.1) is 0 Å². The Bertz CT molecular complexity index is 1150. The number of nitrogens with one attached hydrogen (secondary N) is 3. The number of aliphatic carboxylic acids is 1. The number of carboxylic acids is 1. The highest BCUT2D eigenvalue weighted by molar-refractivity contribution is 6.07. The van der Waals surface area contributed by atoms with Crippen LogP contribution in [-0.4, -0.2) is 82.8 Å². The van der Waals surface area contributed by atoms with Gasteiger partial charge in [0.25, 0.3) is 23.5 Å². The SMILES string of the molecule is CCC(C(=O)C(F)(F)F)N(C(=O)[C@@H]1CCCN1)C(=O)[C@@H](NC(=O)c1ccc(C(=O)NCCCCC(=O)O)cc1)C(C)C. The van der Waals surface area contributed by atoms with Gasteiger partial charge in [-0.2, -0.15) is 13.2 Å². The Kier molecular flexibility index (Phi) is 12.6. The summed E-state index contributed by atoms with van der Waals surface area (Å²) in [7, 11) is 0. The summed E-state index contributed by atoms with van der Waals surface area (Å²) in [5.74, 6) is -7.12. The minimum atomic E-state index is -5.29. The van der Waals surface area contributed by atoms with Crippen LogP contribution < -0.4 is 16.0 Å². The monoisotopic (exact) mass is 598 g/mol. The van der Waals surface area contributed by atoms with E-state index >= 15 is 0 Å². The molecule has 0 saturated carbocycles. The van der Waals surface area contributed by atoms with Gasteiger partial charge in [-0.05, 0) is 68.8 Å². The van der Waals surface area contributed by atoms with Crippen LogP contribution >= 0.6 is 0 Å². The van der Waals surface area contributed by atoms with Crippen LogP contribution in [0.2, 0.25) is 0 Å². The molecule has 1 aliphatic heterocycles. The highest BCUT2D eigenvalue weighted by Crippen LogP contribution is 2.25. The number of carboxylic acid groups (broad SMARTS) is 1. The lowest BCUT2D eigenvalue weighted by molar-refractivity contribution is -0.180. The fourth-order valence-electron chi connectivity index (χ4n) is 4.52. The molecular weight excluding hydrogens is 561 g/mol. The third-order valence-corrected chi connectivity index (χ3v) is 6.85. The van der Waals surface area contributed by atoms with Crippen molar-refractivity contribution >= 4 is 35.4 Å². The van der Waals surface area contributed by atoms with E-state index in [4.69, 9.17) is 5.11 Å². The first-order valence-electron chi connectivity index (χ1n) is 13.8. The van der Waals surface area contributed by atoms with Crippen molar-refractivity contribution in [3.05, 3.63) is 35.4 Å². The Labute approximate surface area is 241 Å². The van der Waals surface area contributed by atoms with Crippen LogP contribution in [0.25, 0.3) is 0 Å². The second kappa shape index (κ2) is 15.4. The highest BCUT2D eigenvalue weighted by Gasteiger charge is 2.50. The van der Waals surface area contributed by atoms with Crippen LogP contribution in [0.15, 0.2) is 24.3 Å². The Morgan fingerprint density at radius 1 is 1.02 bits per heavy atom. The number of carbonyl (C=O) groups excluding carboxylic acids is 5. The molecule has 4 amide bonds. The number of Topliss-reactive ketones (excluding diaryl/α,β-unsaturated/α-hetero) is 1. The summed E-state index contributed by atoms with van der Waals surface area (Å²) in [6.45, 7) is 5.02. The van der Waals surface area contributed by atoms with E-state index in [1.807, 2.05) is 0 Å². The van der Waals surface area contributed by atoms with E-state index in [2.05, 4.69) is 16.0 Å². The zero-order valence-electron chi connectivity index (χ0n) is 23.8. The molecule has 11 nitrogen and oxygen atoms in total. The summed E-state index contributed by atoms with van der Waals surface area (Å²) in [5, 5.41) is 16.6. The molecule has 232 valence electrons. The number of unbranched alkanes of at least 4 members (excludes halogenated alkanes) is 1.